The predicted molar refractivity (Wildman–Crippen MR) is 47.2 cm³/mol. The van der Waals surface area contributed by atoms with Crippen LogP contribution in [-0.4, -0.2) is 22.5 Å². The minimum atomic E-state index is -0.971. The molecular formula is C9H13NO3. The highest BCUT2D eigenvalue weighted by molar-refractivity contribution is 5.97. The van der Waals surface area contributed by atoms with Gasteiger partial charge >= 0.3 is 5.97 Å². The number of hydrogen-bond acceptors (Lipinski definition) is 2. The molecule has 0 aromatic rings. The van der Waals surface area contributed by atoms with E-state index in [0.717, 1.165) is 0 Å². The van der Waals surface area contributed by atoms with Crippen LogP contribution in [-0.2, 0) is 9.59 Å². The maximum absolute atomic E-state index is 11.3. The normalized spacial score (nSPS) is 19.4. The second kappa shape index (κ2) is 3.20. The molecule has 1 aliphatic rings. The standard InChI is InChI=1S/C9H13NO3/c1-3-6(2)7(11)10-9(4-5-9)8(12)13/h3H,4-5H2,1-2H3,(H,10,11)(H,12,13)/b6-3-. The maximum Gasteiger partial charge on any atom is 0.329 e. The minimum Gasteiger partial charge on any atom is -0.480 e. The molecule has 1 aliphatic carbocycles. The predicted octanol–water partition coefficient (Wildman–Crippen LogP) is 0.686. The monoisotopic (exact) mass is 183 g/mol. The molecule has 0 heterocycles. The number of carbonyl (C=O) groups excluding carboxylic acids is 1. The van der Waals surface area contributed by atoms with E-state index in [9.17, 15) is 9.59 Å². The molecule has 4 heteroatoms. The van der Waals surface area contributed by atoms with Crippen LogP contribution < -0.4 is 5.32 Å². The number of allylic oxidation sites excluding steroid dienone is 1. The summed E-state index contributed by atoms with van der Waals surface area (Å²) in [5.41, 5.74) is -0.422. The van der Waals surface area contributed by atoms with E-state index in [0.29, 0.717) is 18.4 Å². The number of rotatable bonds is 3. The molecule has 4 nitrogen and oxygen atoms in total. The van der Waals surface area contributed by atoms with Crippen molar-refractivity contribution in [1.29, 1.82) is 0 Å². The first-order chi connectivity index (χ1) is 6.02. The molecule has 1 amide bonds. The third-order valence-corrected chi connectivity index (χ3v) is 2.30. The zero-order chi connectivity index (χ0) is 10.1. The molecule has 0 unspecified atom stereocenters. The van der Waals surface area contributed by atoms with Crippen molar-refractivity contribution >= 4 is 11.9 Å². The van der Waals surface area contributed by atoms with E-state index in [1.807, 2.05) is 0 Å². The van der Waals surface area contributed by atoms with Gasteiger partial charge in [-0.25, -0.2) is 4.79 Å². The molecule has 1 rings (SSSR count). The molecule has 72 valence electrons. The van der Waals surface area contributed by atoms with E-state index >= 15 is 0 Å². The zero-order valence-corrected chi connectivity index (χ0v) is 7.76. The van der Waals surface area contributed by atoms with Gasteiger partial charge < -0.3 is 10.4 Å². The molecule has 1 saturated carbocycles. The molecule has 2 N–H and O–H groups in total. The topological polar surface area (TPSA) is 66.4 Å². The highest BCUT2D eigenvalue weighted by Crippen LogP contribution is 2.35. The van der Waals surface area contributed by atoms with Crippen LogP contribution in [0.25, 0.3) is 0 Å². The Labute approximate surface area is 76.6 Å². The number of carboxylic acids is 1. The summed E-state index contributed by atoms with van der Waals surface area (Å²) in [6.07, 6.45) is 2.73. The Hall–Kier alpha value is -1.32. The van der Waals surface area contributed by atoms with Crippen LogP contribution in [0.3, 0.4) is 0 Å². The molecule has 13 heavy (non-hydrogen) atoms. The average molecular weight is 183 g/mol. The lowest BCUT2D eigenvalue weighted by molar-refractivity contribution is -0.142. The molecule has 0 spiro atoms. The van der Waals surface area contributed by atoms with E-state index in [-0.39, 0.29) is 5.91 Å². The van der Waals surface area contributed by atoms with Gasteiger partial charge in [-0.3, -0.25) is 4.79 Å². The van der Waals surface area contributed by atoms with Gasteiger partial charge in [0, 0.05) is 5.57 Å². The Morgan fingerprint density at radius 2 is 2.00 bits per heavy atom. The van der Waals surface area contributed by atoms with E-state index in [1.54, 1.807) is 19.9 Å². The Morgan fingerprint density at radius 1 is 1.46 bits per heavy atom. The number of carbonyl (C=O) groups is 2. The molecule has 0 bridgehead atoms. The third kappa shape index (κ3) is 1.88. The first kappa shape index (κ1) is 9.77. The molecule has 0 saturated heterocycles. The van der Waals surface area contributed by atoms with Crippen LogP contribution in [0.5, 0.6) is 0 Å². The Bertz CT molecular complexity index is 277. The van der Waals surface area contributed by atoms with Gasteiger partial charge in [0.15, 0.2) is 0 Å². The summed E-state index contributed by atoms with van der Waals surface area (Å²) in [6, 6.07) is 0. The zero-order valence-electron chi connectivity index (χ0n) is 7.76. The van der Waals surface area contributed by atoms with Crippen LogP contribution in [0.15, 0.2) is 11.6 Å². The van der Waals surface area contributed by atoms with Gasteiger partial charge in [-0.2, -0.15) is 0 Å². The van der Waals surface area contributed by atoms with Gasteiger partial charge in [0.2, 0.25) is 5.91 Å². The van der Waals surface area contributed by atoms with E-state index in [2.05, 4.69) is 5.32 Å². The quantitative estimate of drug-likeness (QED) is 0.632. The molecule has 0 aromatic carbocycles. The fourth-order valence-electron chi connectivity index (χ4n) is 0.964. The van der Waals surface area contributed by atoms with Crippen LogP contribution in [0.2, 0.25) is 0 Å². The fraction of sp³-hybridized carbons (Fsp3) is 0.556. The largest absolute Gasteiger partial charge is 0.480 e. The number of amides is 1. The molecule has 0 aromatic heterocycles. The van der Waals surface area contributed by atoms with Crippen molar-refractivity contribution in [2.75, 3.05) is 0 Å². The summed E-state index contributed by atoms with van der Waals surface area (Å²) in [5, 5.41) is 11.3. The fourth-order valence-corrected chi connectivity index (χ4v) is 0.964. The van der Waals surface area contributed by atoms with Gasteiger partial charge in [-0.1, -0.05) is 6.08 Å². The van der Waals surface area contributed by atoms with Crippen molar-refractivity contribution in [2.45, 2.75) is 32.2 Å². The Balaban J connectivity index is 2.60. The summed E-state index contributed by atoms with van der Waals surface area (Å²) in [5.74, 6) is -1.23. The lowest BCUT2D eigenvalue weighted by Gasteiger charge is -2.11. The van der Waals surface area contributed by atoms with Gasteiger partial charge in [-0.15, -0.1) is 0 Å². The number of nitrogens with one attached hydrogen (secondary N) is 1. The average Bonchev–Trinajstić information content (AvgIpc) is 2.84. The Morgan fingerprint density at radius 3 is 2.31 bits per heavy atom. The summed E-state index contributed by atoms with van der Waals surface area (Å²) >= 11 is 0. The number of hydrogen-bond donors (Lipinski definition) is 2. The maximum atomic E-state index is 11.3. The lowest BCUT2D eigenvalue weighted by atomic mass is 10.2. The highest BCUT2D eigenvalue weighted by Gasteiger charge is 2.51. The van der Waals surface area contributed by atoms with Gasteiger partial charge in [0.1, 0.15) is 5.54 Å². The van der Waals surface area contributed by atoms with E-state index in [1.165, 1.54) is 0 Å². The lowest BCUT2D eigenvalue weighted by Crippen LogP contribution is -2.43. The van der Waals surface area contributed by atoms with Crippen molar-refractivity contribution in [3.05, 3.63) is 11.6 Å². The van der Waals surface area contributed by atoms with Crippen molar-refractivity contribution in [2.24, 2.45) is 0 Å². The van der Waals surface area contributed by atoms with Gasteiger partial charge in [-0.05, 0) is 26.7 Å². The summed E-state index contributed by atoms with van der Waals surface area (Å²) in [4.78, 5) is 22.0. The van der Waals surface area contributed by atoms with Crippen LogP contribution in [0.1, 0.15) is 26.7 Å². The minimum absolute atomic E-state index is 0.289. The smallest absolute Gasteiger partial charge is 0.329 e. The summed E-state index contributed by atoms with van der Waals surface area (Å²) in [6.45, 7) is 3.41. The highest BCUT2D eigenvalue weighted by atomic mass is 16.4. The molecule has 0 aliphatic heterocycles. The van der Waals surface area contributed by atoms with Crippen molar-refractivity contribution in [3.8, 4) is 0 Å². The second-order valence-electron chi connectivity index (χ2n) is 3.31. The third-order valence-electron chi connectivity index (χ3n) is 2.30. The summed E-state index contributed by atoms with van der Waals surface area (Å²) < 4.78 is 0. The number of aliphatic carboxylic acids is 1. The molecule has 0 radical (unpaired) electrons. The van der Waals surface area contributed by atoms with Gasteiger partial charge in [0.05, 0.1) is 0 Å². The van der Waals surface area contributed by atoms with Crippen LogP contribution in [0, 0.1) is 0 Å². The van der Waals surface area contributed by atoms with Crippen molar-refractivity contribution < 1.29 is 14.7 Å². The first-order valence-corrected chi connectivity index (χ1v) is 4.20. The number of carboxylic acid groups (broad SMARTS) is 1. The van der Waals surface area contributed by atoms with Crippen molar-refractivity contribution in [3.63, 3.8) is 0 Å². The molecule has 1 fully saturated rings. The second-order valence-corrected chi connectivity index (χ2v) is 3.31. The van der Waals surface area contributed by atoms with E-state index < -0.39 is 11.5 Å². The van der Waals surface area contributed by atoms with Gasteiger partial charge in [0.25, 0.3) is 0 Å². The molecule has 0 atom stereocenters. The first-order valence-electron chi connectivity index (χ1n) is 4.20. The Kier molecular flexibility index (Phi) is 2.40. The van der Waals surface area contributed by atoms with Crippen molar-refractivity contribution in [1.82, 2.24) is 5.32 Å². The SMILES string of the molecule is C/C=C(/C)C(=O)NC1(C(=O)O)CC1. The van der Waals surface area contributed by atoms with Crippen LogP contribution in [0.4, 0.5) is 0 Å². The van der Waals surface area contributed by atoms with E-state index in [4.69, 9.17) is 5.11 Å². The van der Waals surface area contributed by atoms with Crippen LogP contribution >= 0.6 is 0 Å². The molecular weight excluding hydrogens is 170 g/mol. The summed E-state index contributed by atoms with van der Waals surface area (Å²) in [7, 11) is 0.